The van der Waals surface area contributed by atoms with Crippen molar-refractivity contribution >= 4 is 23.5 Å². The summed E-state index contributed by atoms with van der Waals surface area (Å²) in [6, 6.07) is 4.34. The second-order valence-corrected chi connectivity index (χ2v) is 5.87. The number of ether oxygens (including phenoxy) is 1. The number of benzene rings is 1. The molecular weight excluding hydrogens is 300 g/mol. The number of rotatable bonds is 5. The Balaban J connectivity index is 2.15. The molecule has 2 rings (SSSR count). The van der Waals surface area contributed by atoms with Gasteiger partial charge < -0.3 is 15.2 Å². The van der Waals surface area contributed by atoms with Crippen molar-refractivity contribution in [2.75, 3.05) is 18.1 Å². The van der Waals surface area contributed by atoms with Gasteiger partial charge in [0.05, 0.1) is 5.69 Å². The standard InChI is InChI=1S/C16H20N2O5/c1-9(2)15(16(21)22)17-13(19)7-18-11-5-4-10(3)6-12(11)23-8-14(18)20/h4-6,9,15H,7-8H2,1-3H3,(H,17,19)(H,21,22). The Bertz CT molecular complexity index is 641. The lowest BCUT2D eigenvalue weighted by Crippen LogP contribution is -2.50. The molecule has 0 fully saturated rings. The van der Waals surface area contributed by atoms with E-state index >= 15 is 0 Å². The number of amides is 2. The molecule has 1 aliphatic heterocycles. The van der Waals surface area contributed by atoms with Gasteiger partial charge in [-0.1, -0.05) is 19.9 Å². The number of nitrogens with one attached hydrogen (secondary N) is 1. The highest BCUT2D eigenvalue weighted by Crippen LogP contribution is 2.32. The summed E-state index contributed by atoms with van der Waals surface area (Å²) in [6.45, 7) is 4.93. The van der Waals surface area contributed by atoms with Gasteiger partial charge in [0.15, 0.2) is 6.61 Å². The van der Waals surface area contributed by atoms with Crippen LogP contribution in [0.1, 0.15) is 19.4 Å². The molecule has 0 saturated heterocycles. The Hall–Kier alpha value is -2.57. The minimum atomic E-state index is -1.10. The fraction of sp³-hybridized carbons (Fsp3) is 0.438. The van der Waals surface area contributed by atoms with Crippen molar-refractivity contribution in [1.82, 2.24) is 5.32 Å². The van der Waals surface area contributed by atoms with Crippen LogP contribution in [-0.2, 0) is 14.4 Å². The number of carboxylic acids is 1. The van der Waals surface area contributed by atoms with Gasteiger partial charge in [0.2, 0.25) is 5.91 Å². The van der Waals surface area contributed by atoms with Crippen molar-refractivity contribution in [2.45, 2.75) is 26.8 Å². The molecule has 1 aromatic rings. The molecule has 1 atom stereocenters. The minimum Gasteiger partial charge on any atom is -0.482 e. The first-order valence-electron chi connectivity index (χ1n) is 7.35. The van der Waals surface area contributed by atoms with E-state index in [4.69, 9.17) is 9.84 Å². The Morgan fingerprint density at radius 3 is 2.70 bits per heavy atom. The summed E-state index contributed by atoms with van der Waals surface area (Å²) in [4.78, 5) is 36.6. The van der Waals surface area contributed by atoms with Crippen molar-refractivity contribution in [1.29, 1.82) is 0 Å². The number of carboxylic acid groups (broad SMARTS) is 1. The summed E-state index contributed by atoms with van der Waals surface area (Å²) in [6.07, 6.45) is 0. The van der Waals surface area contributed by atoms with Crippen LogP contribution in [0.4, 0.5) is 5.69 Å². The number of hydrogen-bond donors (Lipinski definition) is 2. The molecule has 7 nitrogen and oxygen atoms in total. The van der Waals surface area contributed by atoms with Crippen LogP contribution in [0.3, 0.4) is 0 Å². The van der Waals surface area contributed by atoms with E-state index in [-0.39, 0.29) is 25.0 Å². The monoisotopic (exact) mass is 320 g/mol. The number of nitrogens with zero attached hydrogens (tertiary/aromatic N) is 1. The van der Waals surface area contributed by atoms with Crippen molar-refractivity contribution < 1.29 is 24.2 Å². The molecule has 0 aliphatic carbocycles. The van der Waals surface area contributed by atoms with Gasteiger partial charge in [0.1, 0.15) is 18.3 Å². The van der Waals surface area contributed by atoms with E-state index in [1.54, 1.807) is 26.0 Å². The third-order valence-electron chi connectivity index (χ3n) is 3.61. The summed E-state index contributed by atoms with van der Waals surface area (Å²) >= 11 is 0. The molecule has 0 spiro atoms. The molecule has 1 heterocycles. The topological polar surface area (TPSA) is 95.9 Å². The first kappa shape index (κ1) is 16.8. The molecule has 0 saturated carbocycles. The summed E-state index contributed by atoms with van der Waals surface area (Å²) in [5.74, 6) is -1.68. The predicted molar refractivity (Wildman–Crippen MR) is 83.4 cm³/mol. The second-order valence-electron chi connectivity index (χ2n) is 5.87. The number of hydrogen-bond acceptors (Lipinski definition) is 4. The van der Waals surface area contributed by atoms with E-state index in [9.17, 15) is 14.4 Å². The molecule has 1 aliphatic rings. The van der Waals surface area contributed by atoms with E-state index < -0.39 is 17.9 Å². The fourth-order valence-electron chi connectivity index (χ4n) is 2.36. The average molecular weight is 320 g/mol. The minimum absolute atomic E-state index is 0.143. The zero-order valence-corrected chi connectivity index (χ0v) is 13.3. The maximum atomic E-state index is 12.1. The molecule has 2 amide bonds. The molecule has 0 bridgehead atoms. The predicted octanol–water partition coefficient (Wildman–Crippen LogP) is 0.946. The lowest BCUT2D eigenvalue weighted by atomic mass is 10.0. The van der Waals surface area contributed by atoms with Crippen LogP contribution in [0, 0.1) is 12.8 Å². The highest BCUT2D eigenvalue weighted by atomic mass is 16.5. The Morgan fingerprint density at radius 2 is 2.09 bits per heavy atom. The van der Waals surface area contributed by atoms with E-state index in [1.807, 2.05) is 13.0 Å². The third kappa shape index (κ3) is 3.80. The zero-order chi connectivity index (χ0) is 17.1. The number of carbonyl (C=O) groups is 3. The molecule has 2 N–H and O–H groups in total. The van der Waals surface area contributed by atoms with Crippen LogP contribution in [0.25, 0.3) is 0 Å². The number of aryl methyl sites for hydroxylation is 1. The molecule has 1 aromatic carbocycles. The number of anilines is 1. The molecule has 124 valence electrons. The molecule has 7 heteroatoms. The van der Waals surface area contributed by atoms with Crippen LogP contribution in [0.15, 0.2) is 18.2 Å². The molecule has 0 radical (unpaired) electrons. The zero-order valence-electron chi connectivity index (χ0n) is 13.3. The summed E-state index contributed by atoms with van der Waals surface area (Å²) < 4.78 is 5.37. The highest BCUT2D eigenvalue weighted by molar-refractivity contribution is 6.02. The normalized spacial score (nSPS) is 15.0. The van der Waals surface area contributed by atoms with Crippen molar-refractivity contribution in [2.24, 2.45) is 5.92 Å². The van der Waals surface area contributed by atoms with Gasteiger partial charge in [-0.15, -0.1) is 0 Å². The van der Waals surface area contributed by atoms with Gasteiger partial charge in [-0.3, -0.25) is 14.5 Å². The molecular formula is C16H20N2O5. The van der Waals surface area contributed by atoms with Crippen molar-refractivity contribution in [3.63, 3.8) is 0 Å². The van der Waals surface area contributed by atoms with Gasteiger partial charge in [0, 0.05) is 0 Å². The lowest BCUT2D eigenvalue weighted by Gasteiger charge is -2.29. The number of fused-ring (bicyclic) bond motifs is 1. The average Bonchev–Trinajstić information content (AvgIpc) is 2.47. The third-order valence-corrected chi connectivity index (χ3v) is 3.61. The van der Waals surface area contributed by atoms with Crippen molar-refractivity contribution in [3.8, 4) is 5.75 Å². The van der Waals surface area contributed by atoms with E-state index in [1.165, 1.54) is 4.90 Å². The fourth-order valence-corrected chi connectivity index (χ4v) is 2.36. The van der Waals surface area contributed by atoms with Gasteiger partial charge in [-0.25, -0.2) is 4.79 Å². The number of carbonyl (C=O) groups excluding carboxylic acids is 2. The number of aliphatic carboxylic acids is 1. The van der Waals surface area contributed by atoms with Crippen LogP contribution in [0.2, 0.25) is 0 Å². The van der Waals surface area contributed by atoms with Gasteiger partial charge in [0.25, 0.3) is 5.91 Å². The van der Waals surface area contributed by atoms with Gasteiger partial charge in [-0.2, -0.15) is 0 Å². The Kier molecular flexibility index (Phi) is 4.88. The SMILES string of the molecule is Cc1ccc2c(c1)OCC(=O)N2CC(=O)NC(C(=O)O)C(C)C. The largest absolute Gasteiger partial charge is 0.482 e. The molecule has 1 unspecified atom stereocenters. The van der Waals surface area contributed by atoms with Crippen LogP contribution in [0.5, 0.6) is 5.75 Å². The van der Waals surface area contributed by atoms with Gasteiger partial charge in [-0.05, 0) is 30.5 Å². The van der Waals surface area contributed by atoms with E-state index in [2.05, 4.69) is 5.32 Å². The Labute approximate surface area is 134 Å². The van der Waals surface area contributed by atoms with Gasteiger partial charge >= 0.3 is 5.97 Å². The van der Waals surface area contributed by atoms with E-state index in [0.717, 1.165) is 5.56 Å². The highest BCUT2D eigenvalue weighted by Gasteiger charge is 2.29. The van der Waals surface area contributed by atoms with Crippen LogP contribution in [-0.4, -0.2) is 42.1 Å². The quantitative estimate of drug-likeness (QED) is 0.842. The summed E-state index contributed by atoms with van der Waals surface area (Å²) in [5, 5.41) is 11.6. The van der Waals surface area contributed by atoms with Crippen LogP contribution < -0.4 is 15.0 Å². The molecule has 0 aromatic heterocycles. The van der Waals surface area contributed by atoms with Crippen molar-refractivity contribution in [3.05, 3.63) is 23.8 Å². The maximum absolute atomic E-state index is 12.1. The lowest BCUT2D eigenvalue weighted by molar-refractivity contribution is -0.142. The molecule has 23 heavy (non-hydrogen) atoms. The van der Waals surface area contributed by atoms with E-state index in [0.29, 0.717) is 11.4 Å². The summed E-state index contributed by atoms with van der Waals surface area (Å²) in [5.41, 5.74) is 1.49. The second kappa shape index (κ2) is 6.68. The first-order chi connectivity index (χ1) is 10.8. The Morgan fingerprint density at radius 1 is 1.39 bits per heavy atom. The smallest absolute Gasteiger partial charge is 0.326 e. The first-order valence-corrected chi connectivity index (χ1v) is 7.35. The summed E-state index contributed by atoms with van der Waals surface area (Å²) in [7, 11) is 0. The van der Waals surface area contributed by atoms with Crippen LogP contribution >= 0.6 is 0 Å². The maximum Gasteiger partial charge on any atom is 0.326 e.